The molecule has 0 unspecified atom stereocenters. The SMILES string of the molecule is CCCCC12CC(c3ccc(C(F)(F)Oc4cc(F)c(-c5ccc(F)c(F)c5)c(F)c4)cc3)(C1)C2. The standard InChI is InChI=1S/C28H24F6O/c1-2-3-10-26-14-27(15-26,16-26)18-5-7-19(8-6-18)28(33,34)35-20-12-23(31)25(24(32)13-20)17-4-9-21(29)22(30)11-17/h4-9,11-13H,2-3,10,14-16H2,1H3. The number of ether oxygens (including phenoxy) is 1. The number of benzene rings is 3. The van der Waals surface area contributed by atoms with Crippen LogP contribution in [-0.2, 0) is 11.5 Å². The fourth-order valence-corrected chi connectivity index (χ4v) is 5.88. The first-order valence-corrected chi connectivity index (χ1v) is 11.7. The predicted molar refractivity (Wildman–Crippen MR) is 120 cm³/mol. The Balaban J connectivity index is 1.31. The second kappa shape index (κ2) is 8.32. The van der Waals surface area contributed by atoms with Crippen molar-refractivity contribution in [3.05, 3.63) is 89.0 Å². The van der Waals surface area contributed by atoms with Gasteiger partial charge in [0.2, 0.25) is 0 Å². The van der Waals surface area contributed by atoms with Crippen molar-refractivity contribution in [2.75, 3.05) is 0 Å². The summed E-state index contributed by atoms with van der Waals surface area (Å²) < 4.78 is 90.0. The van der Waals surface area contributed by atoms with E-state index in [4.69, 9.17) is 0 Å². The highest BCUT2D eigenvalue weighted by Crippen LogP contribution is 2.75. The molecule has 0 radical (unpaired) electrons. The summed E-state index contributed by atoms with van der Waals surface area (Å²) in [6, 6.07) is 9.49. The number of hydrogen-bond donors (Lipinski definition) is 0. The third kappa shape index (κ3) is 4.09. The van der Waals surface area contributed by atoms with Crippen molar-refractivity contribution in [3.63, 3.8) is 0 Å². The Labute approximate surface area is 199 Å². The molecular formula is C28H24F6O. The van der Waals surface area contributed by atoms with Crippen LogP contribution in [0, 0.1) is 28.7 Å². The number of rotatable bonds is 8. The van der Waals surface area contributed by atoms with Crippen LogP contribution in [0.15, 0.2) is 54.6 Å². The van der Waals surface area contributed by atoms with Crippen LogP contribution in [0.1, 0.15) is 56.6 Å². The molecule has 0 atom stereocenters. The fraction of sp³-hybridized carbons (Fsp3) is 0.357. The summed E-state index contributed by atoms with van der Waals surface area (Å²) in [5.41, 5.74) is 0.186. The summed E-state index contributed by atoms with van der Waals surface area (Å²) in [4.78, 5) is 0. The van der Waals surface area contributed by atoms with Crippen LogP contribution in [-0.4, -0.2) is 0 Å². The van der Waals surface area contributed by atoms with Gasteiger partial charge in [-0.2, -0.15) is 8.78 Å². The van der Waals surface area contributed by atoms with E-state index in [2.05, 4.69) is 11.7 Å². The summed E-state index contributed by atoms with van der Waals surface area (Å²) in [7, 11) is 0. The lowest BCUT2D eigenvalue weighted by atomic mass is 9.32. The van der Waals surface area contributed by atoms with Crippen molar-refractivity contribution in [1.82, 2.24) is 0 Å². The van der Waals surface area contributed by atoms with Gasteiger partial charge in [0, 0.05) is 12.1 Å². The molecule has 3 fully saturated rings. The van der Waals surface area contributed by atoms with Crippen LogP contribution < -0.4 is 4.74 Å². The average molecular weight is 490 g/mol. The van der Waals surface area contributed by atoms with Gasteiger partial charge in [-0.3, -0.25) is 0 Å². The van der Waals surface area contributed by atoms with Crippen molar-refractivity contribution in [3.8, 4) is 16.9 Å². The lowest BCUT2D eigenvalue weighted by Gasteiger charge is -2.72. The first-order valence-electron chi connectivity index (χ1n) is 11.7. The van der Waals surface area contributed by atoms with E-state index in [-0.39, 0.29) is 11.0 Å². The Bertz CT molecular complexity index is 1220. The van der Waals surface area contributed by atoms with Crippen molar-refractivity contribution < 1.29 is 31.1 Å². The van der Waals surface area contributed by atoms with E-state index >= 15 is 0 Å². The van der Waals surface area contributed by atoms with E-state index < -0.39 is 46.3 Å². The van der Waals surface area contributed by atoms with Crippen LogP contribution in [0.5, 0.6) is 5.75 Å². The van der Waals surface area contributed by atoms with Crippen molar-refractivity contribution in [2.24, 2.45) is 5.41 Å². The summed E-state index contributed by atoms with van der Waals surface area (Å²) in [6.07, 6.45) is 3.04. The minimum atomic E-state index is -3.83. The van der Waals surface area contributed by atoms with E-state index in [9.17, 15) is 26.3 Å². The summed E-state index contributed by atoms with van der Waals surface area (Å²) in [6.45, 7) is 2.17. The highest BCUT2D eigenvalue weighted by molar-refractivity contribution is 5.66. The molecule has 3 aliphatic rings. The van der Waals surface area contributed by atoms with Crippen molar-refractivity contribution in [2.45, 2.75) is 57.0 Å². The second-order valence-electron chi connectivity index (χ2n) is 10.0. The lowest BCUT2D eigenvalue weighted by Crippen LogP contribution is -2.64. The molecule has 0 aromatic heterocycles. The number of halogens is 6. The molecule has 3 aromatic rings. The molecule has 2 bridgehead atoms. The molecule has 184 valence electrons. The second-order valence-corrected chi connectivity index (χ2v) is 10.0. The van der Waals surface area contributed by atoms with Gasteiger partial charge < -0.3 is 4.74 Å². The monoisotopic (exact) mass is 490 g/mol. The molecule has 0 saturated heterocycles. The minimum absolute atomic E-state index is 0.0876. The van der Waals surface area contributed by atoms with Gasteiger partial charge in [-0.15, -0.1) is 0 Å². The molecular weight excluding hydrogens is 466 g/mol. The van der Waals surface area contributed by atoms with Crippen LogP contribution in [0.2, 0.25) is 0 Å². The minimum Gasteiger partial charge on any atom is -0.429 e. The smallest absolute Gasteiger partial charge is 0.426 e. The van der Waals surface area contributed by atoms with Gasteiger partial charge in [0.15, 0.2) is 11.6 Å². The normalized spacial score (nSPS) is 22.9. The van der Waals surface area contributed by atoms with Crippen LogP contribution >= 0.6 is 0 Å². The Morgan fingerprint density at radius 3 is 2.00 bits per heavy atom. The summed E-state index contributed by atoms with van der Waals surface area (Å²) >= 11 is 0. The van der Waals surface area contributed by atoms with Crippen molar-refractivity contribution in [1.29, 1.82) is 0 Å². The van der Waals surface area contributed by atoms with Gasteiger partial charge >= 0.3 is 6.11 Å². The van der Waals surface area contributed by atoms with E-state index in [1.165, 1.54) is 31.4 Å². The first kappa shape index (κ1) is 23.8. The quantitative estimate of drug-likeness (QED) is 0.287. The molecule has 0 N–H and O–H groups in total. The first-order chi connectivity index (χ1) is 16.6. The Kier molecular flexibility index (Phi) is 5.65. The fourth-order valence-electron chi connectivity index (χ4n) is 5.88. The Morgan fingerprint density at radius 1 is 0.800 bits per heavy atom. The van der Waals surface area contributed by atoms with E-state index in [0.717, 1.165) is 37.0 Å². The maximum absolute atomic E-state index is 14.8. The molecule has 0 aliphatic heterocycles. The molecule has 7 heteroatoms. The molecule has 0 amide bonds. The van der Waals surface area contributed by atoms with Gasteiger partial charge in [0.1, 0.15) is 17.4 Å². The van der Waals surface area contributed by atoms with Crippen LogP contribution in [0.25, 0.3) is 11.1 Å². The molecule has 0 heterocycles. The highest BCUT2D eigenvalue weighted by atomic mass is 19.3. The third-order valence-electron chi connectivity index (χ3n) is 7.50. The zero-order valence-corrected chi connectivity index (χ0v) is 19.1. The van der Waals surface area contributed by atoms with Gasteiger partial charge in [0.05, 0.1) is 11.1 Å². The molecule has 3 aliphatic carbocycles. The van der Waals surface area contributed by atoms with E-state index in [1.54, 1.807) is 12.1 Å². The summed E-state index contributed by atoms with van der Waals surface area (Å²) in [5, 5.41) is 0. The van der Waals surface area contributed by atoms with Gasteiger partial charge in [-0.1, -0.05) is 38.0 Å². The molecule has 0 spiro atoms. The van der Waals surface area contributed by atoms with Crippen molar-refractivity contribution >= 4 is 0 Å². The average Bonchev–Trinajstić information content (AvgIpc) is 2.74. The predicted octanol–water partition coefficient (Wildman–Crippen LogP) is 8.65. The van der Waals surface area contributed by atoms with Gasteiger partial charge in [-0.25, -0.2) is 17.6 Å². The Hall–Kier alpha value is -2.96. The molecule has 1 nitrogen and oxygen atoms in total. The third-order valence-corrected chi connectivity index (χ3v) is 7.50. The number of hydrogen-bond acceptors (Lipinski definition) is 1. The molecule has 35 heavy (non-hydrogen) atoms. The zero-order chi connectivity index (χ0) is 25.0. The highest BCUT2D eigenvalue weighted by Gasteiger charge is 2.67. The van der Waals surface area contributed by atoms with E-state index in [0.29, 0.717) is 23.6 Å². The summed E-state index contributed by atoms with van der Waals surface area (Å²) in [5.74, 6) is -5.66. The number of alkyl halides is 2. The lowest BCUT2D eigenvalue weighted by molar-refractivity contribution is -0.185. The topological polar surface area (TPSA) is 9.23 Å². The number of unbranched alkanes of at least 4 members (excludes halogenated alkanes) is 1. The van der Waals surface area contributed by atoms with Crippen LogP contribution in [0.3, 0.4) is 0 Å². The van der Waals surface area contributed by atoms with Gasteiger partial charge in [0.25, 0.3) is 0 Å². The molecule has 3 aromatic carbocycles. The maximum Gasteiger partial charge on any atom is 0.426 e. The largest absolute Gasteiger partial charge is 0.429 e. The van der Waals surface area contributed by atoms with Gasteiger partial charge in [-0.05, 0) is 71.9 Å². The van der Waals surface area contributed by atoms with Crippen LogP contribution in [0.4, 0.5) is 26.3 Å². The zero-order valence-electron chi connectivity index (χ0n) is 19.1. The maximum atomic E-state index is 14.8. The molecule has 6 rings (SSSR count). The molecule has 3 saturated carbocycles. The Morgan fingerprint density at radius 2 is 1.43 bits per heavy atom. The van der Waals surface area contributed by atoms with E-state index in [1.807, 2.05) is 0 Å².